The summed E-state index contributed by atoms with van der Waals surface area (Å²) in [7, 11) is 2.01. The average molecular weight is 406 g/mol. The van der Waals surface area contributed by atoms with E-state index in [4.69, 9.17) is 9.47 Å². The maximum atomic E-state index is 12.3. The standard InChI is InChI=1S/C19H21BrN2O3/c1-22(12-14-3-5-15(20)6-4-14)13-19(23)21-16-7-8-17-18(11-16)25-10-2-9-24-17/h3-8,11H,2,9-10,12-13H2,1H3,(H,21,23)/p+1. The first-order valence-corrected chi connectivity index (χ1v) is 9.15. The van der Waals surface area contributed by atoms with Gasteiger partial charge < -0.3 is 19.7 Å². The maximum absolute atomic E-state index is 12.3. The Kier molecular flexibility index (Phi) is 5.94. The summed E-state index contributed by atoms with van der Waals surface area (Å²) in [4.78, 5) is 13.4. The summed E-state index contributed by atoms with van der Waals surface area (Å²) in [5.41, 5.74) is 1.93. The van der Waals surface area contributed by atoms with Crippen molar-refractivity contribution in [3.05, 3.63) is 52.5 Å². The number of nitrogens with one attached hydrogen (secondary N) is 2. The Morgan fingerprint density at radius 2 is 1.84 bits per heavy atom. The van der Waals surface area contributed by atoms with Crippen LogP contribution in [-0.2, 0) is 11.3 Å². The number of halogens is 1. The van der Waals surface area contributed by atoms with Crippen molar-refractivity contribution < 1.29 is 19.2 Å². The molecule has 1 atom stereocenters. The Morgan fingerprint density at radius 1 is 1.12 bits per heavy atom. The highest BCUT2D eigenvalue weighted by Crippen LogP contribution is 2.32. The molecule has 3 rings (SSSR count). The van der Waals surface area contributed by atoms with Gasteiger partial charge in [-0.3, -0.25) is 4.79 Å². The van der Waals surface area contributed by atoms with E-state index in [-0.39, 0.29) is 5.91 Å². The van der Waals surface area contributed by atoms with Gasteiger partial charge in [0.15, 0.2) is 18.0 Å². The zero-order chi connectivity index (χ0) is 17.6. The van der Waals surface area contributed by atoms with Gasteiger partial charge in [-0.15, -0.1) is 0 Å². The Labute approximate surface area is 156 Å². The molecule has 1 unspecified atom stereocenters. The summed E-state index contributed by atoms with van der Waals surface area (Å²) in [5, 5.41) is 2.94. The monoisotopic (exact) mass is 405 g/mol. The Morgan fingerprint density at radius 3 is 2.60 bits per heavy atom. The molecule has 2 aromatic carbocycles. The SMILES string of the molecule is C[NH+](CC(=O)Nc1ccc2c(c1)OCCCO2)Cc1ccc(Br)cc1. The van der Waals surface area contributed by atoms with E-state index in [1.54, 1.807) is 0 Å². The van der Waals surface area contributed by atoms with Gasteiger partial charge >= 0.3 is 0 Å². The van der Waals surface area contributed by atoms with Gasteiger partial charge in [-0.05, 0) is 24.3 Å². The fourth-order valence-electron chi connectivity index (χ4n) is 2.73. The fourth-order valence-corrected chi connectivity index (χ4v) is 3.00. The maximum Gasteiger partial charge on any atom is 0.279 e. The van der Waals surface area contributed by atoms with Crippen LogP contribution in [0.1, 0.15) is 12.0 Å². The van der Waals surface area contributed by atoms with Gasteiger partial charge in [0.25, 0.3) is 5.91 Å². The molecule has 25 heavy (non-hydrogen) atoms. The first kappa shape index (κ1) is 17.8. The molecule has 1 aliphatic heterocycles. The van der Waals surface area contributed by atoms with Crippen molar-refractivity contribution in [1.29, 1.82) is 0 Å². The number of benzene rings is 2. The van der Waals surface area contributed by atoms with E-state index < -0.39 is 0 Å². The molecule has 0 fully saturated rings. The number of carbonyl (C=O) groups excluding carboxylic acids is 1. The van der Waals surface area contributed by atoms with Crippen LogP contribution in [0.2, 0.25) is 0 Å². The van der Waals surface area contributed by atoms with Crippen LogP contribution in [0.5, 0.6) is 11.5 Å². The molecule has 0 aliphatic carbocycles. The summed E-state index contributed by atoms with van der Waals surface area (Å²) in [6, 6.07) is 13.7. The minimum atomic E-state index is -0.0240. The van der Waals surface area contributed by atoms with E-state index in [9.17, 15) is 4.79 Å². The zero-order valence-corrected chi connectivity index (χ0v) is 15.8. The third-order valence-electron chi connectivity index (χ3n) is 3.91. The van der Waals surface area contributed by atoms with Crippen molar-refractivity contribution >= 4 is 27.5 Å². The predicted octanol–water partition coefficient (Wildman–Crippen LogP) is 2.26. The van der Waals surface area contributed by atoms with E-state index >= 15 is 0 Å². The lowest BCUT2D eigenvalue weighted by molar-refractivity contribution is -0.885. The van der Waals surface area contributed by atoms with Crippen molar-refractivity contribution in [3.8, 4) is 11.5 Å². The molecule has 0 bridgehead atoms. The van der Waals surface area contributed by atoms with Gasteiger partial charge in [0, 0.05) is 28.2 Å². The molecule has 0 saturated heterocycles. The Balaban J connectivity index is 1.55. The molecule has 1 heterocycles. The van der Waals surface area contributed by atoms with E-state index in [0.29, 0.717) is 25.5 Å². The number of likely N-dealkylation sites (N-methyl/N-ethyl adjacent to an activating group) is 1. The topological polar surface area (TPSA) is 52.0 Å². The minimum absolute atomic E-state index is 0.0240. The van der Waals surface area contributed by atoms with E-state index in [2.05, 4.69) is 33.4 Å². The minimum Gasteiger partial charge on any atom is -0.490 e. The summed E-state index contributed by atoms with van der Waals surface area (Å²) in [6.45, 7) is 2.47. The molecule has 0 aromatic heterocycles. The van der Waals surface area contributed by atoms with Crippen LogP contribution in [0.25, 0.3) is 0 Å². The molecule has 132 valence electrons. The van der Waals surface area contributed by atoms with Gasteiger partial charge in [-0.1, -0.05) is 28.1 Å². The second kappa shape index (κ2) is 8.36. The molecule has 0 radical (unpaired) electrons. The molecule has 1 amide bonds. The van der Waals surface area contributed by atoms with Gasteiger partial charge in [0.2, 0.25) is 0 Å². The molecule has 2 N–H and O–H groups in total. The summed E-state index contributed by atoms with van der Waals surface area (Å²) in [5.74, 6) is 1.39. The molecule has 2 aromatic rings. The van der Waals surface area contributed by atoms with Crippen molar-refractivity contribution in [3.63, 3.8) is 0 Å². The van der Waals surface area contributed by atoms with E-state index in [1.165, 1.54) is 5.56 Å². The number of hydrogen-bond donors (Lipinski definition) is 2. The fraction of sp³-hybridized carbons (Fsp3) is 0.316. The average Bonchev–Trinajstić information content (AvgIpc) is 2.81. The predicted molar refractivity (Wildman–Crippen MR) is 100 cm³/mol. The van der Waals surface area contributed by atoms with Gasteiger partial charge in [0.05, 0.1) is 20.3 Å². The zero-order valence-electron chi connectivity index (χ0n) is 14.2. The summed E-state index contributed by atoms with van der Waals surface area (Å²) in [6.07, 6.45) is 0.862. The summed E-state index contributed by atoms with van der Waals surface area (Å²) < 4.78 is 12.3. The third kappa shape index (κ3) is 5.21. The molecule has 0 saturated carbocycles. The second-order valence-electron chi connectivity index (χ2n) is 6.20. The molecule has 1 aliphatic rings. The Bertz CT molecular complexity index is 734. The quantitative estimate of drug-likeness (QED) is 0.801. The number of fused-ring (bicyclic) bond motifs is 1. The lowest BCUT2D eigenvalue weighted by atomic mass is 10.2. The lowest BCUT2D eigenvalue weighted by Gasteiger charge is -2.15. The number of ether oxygens (including phenoxy) is 2. The number of amides is 1. The number of rotatable bonds is 5. The van der Waals surface area contributed by atoms with Crippen LogP contribution in [0, 0.1) is 0 Å². The van der Waals surface area contributed by atoms with E-state index in [0.717, 1.165) is 33.8 Å². The van der Waals surface area contributed by atoms with Crippen LogP contribution < -0.4 is 19.7 Å². The molecule has 0 spiro atoms. The van der Waals surface area contributed by atoms with Crippen molar-refractivity contribution in [2.24, 2.45) is 0 Å². The third-order valence-corrected chi connectivity index (χ3v) is 4.44. The lowest BCUT2D eigenvalue weighted by Crippen LogP contribution is -3.08. The normalized spacial score (nSPS) is 14.5. The molecule has 6 heteroatoms. The van der Waals surface area contributed by atoms with Crippen LogP contribution >= 0.6 is 15.9 Å². The smallest absolute Gasteiger partial charge is 0.279 e. The highest BCUT2D eigenvalue weighted by molar-refractivity contribution is 9.10. The van der Waals surface area contributed by atoms with Gasteiger partial charge in [0.1, 0.15) is 6.54 Å². The second-order valence-corrected chi connectivity index (χ2v) is 7.11. The van der Waals surface area contributed by atoms with Crippen molar-refractivity contribution in [2.45, 2.75) is 13.0 Å². The Hall–Kier alpha value is -2.05. The molecular formula is C19H22BrN2O3+. The van der Waals surface area contributed by atoms with Crippen LogP contribution in [0.3, 0.4) is 0 Å². The highest BCUT2D eigenvalue weighted by Gasteiger charge is 2.14. The van der Waals surface area contributed by atoms with Crippen molar-refractivity contribution in [1.82, 2.24) is 0 Å². The van der Waals surface area contributed by atoms with Crippen LogP contribution in [-0.4, -0.2) is 32.7 Å². The number of anilines is 1. The highest BCUT2D eigenvalue weighted by atomic mass is 79.9. The van der Waals surface area contributed by atoms with Crippen LogP contribution in [0.15, 0.2) is 46.9 Å². The van der Waals surface area contributed by atoms with Crippen LogP contribution in [0.4, 0.5) is 5.69 Å². The number of carbonyl (C=O) groups is 1. The van der Waals surface area contributed by atoms with Crippen molar-refractivity contribution in [2.75, 3.05) is 32.1 Å². The molecule has 5 nitrogen and oxygen atoms in total. The summed E-state index contributed by atoms with van der Waals surface area (Å²) >= 11 is 3.43. The largest absolute Gasteiger partial charge is 0.490 e. The first-order valence-electron chi connectivity index (χ1n) is 8.35. The first-order chi connectivity index (χ1) is 12.1. The molecular weight excluding hydrogens is 384 g/mol. The van der Waals surface area contributed by atoms with E-state index in [1.807, 2.05) is 37.4 Å². The number of quaternary nitrogens is 1. The number of hydrogen-bond acceptors (Lipinski definition) is 3. The van der Waals surface area contributed by atoms with Gasteiger partial charge in [-0.25, -0.2) is 0 Å². The van der Waals surface area contributed by atoms with Gasteiger partial charge in [-0.2, -0.15) is 0 Å².